The summed E-state index contributed by atoms with van der Waals surface area (Å²) in [6.07, 6.45) is 0. The minimum absolute atomic E-state index is 0.253. The predicted octanol–water partition coefficient (Wildman–Crippen LogP) is -1.18. The molecule has 0 unspecified atom stereocenters. The van der Waals surface area contributed by atoms with E-state index in [9.17, 15) is 0 Å². The van der Waals surface area contributed by atoms with Crippen molar-refractivity contribution in [3.63, 3.8) is 0 Å². The van der Waals surface area contributed by atoms with Gasteiger partial charge in [-0.2, -0.15) is 0 Å². The van der Waals surface area contributed by atoms with E-state index >= 15 is 0 Å². The molecule has 0 bridgehead atoms. The van der Waals surface area contributed by atoms with Crippen LogP contribution in [0.25, 0.3) is 0 Å². The van der Waals surface area contributed by atoms with Crippen molar-refractivity contribution in [2.75, 3.05) is 21.1 Å². The average Bonchev–Trinajstić information content (AvgIpc) is 1.89. The maximum Gasteiger partial charge on any atom is 0.131 e. The van der Waals surface area contributed by atoms with Crippen molar-refractivity contribution < 1.29 is 4.81 Å². The summed E-state index contributed by atoms with van der Waals surface area (Å²) < 4.78 is 0. The van der Waals surface area contributed by atoms with Crippen LogP contribution in [0.3, 0.4) is 0 Å². The largest absolute Gasteiger partial charge is 0.145 e. The Balaban J connectivity index is 3.75. The molecule has 0 aliphatic heterocycles. The highest BCUT2D eigenvalue weighted by Crippen LogP contribution is 1.77. The van der Waals surface area contributed by atoms with Crippen LogP contribution in [0.15, 0.2) is 5.10 Å². The van der Waals surface area contributed by atoms with Gasteiger partial charge in [0.05, 0.1) is 0 Å². The first kappa shape index (κ1) is 8.35. The number of nitrogens with one attached hydrogen (secondary N) is 3. The van der Waals surface area contributed by atoms with Gasteiger partial charge in [-0.15, -0.1) is 21.5 Å². The van der Waals surface area contributed by atoms with Crippen LogP contribution in [0.4, 0.5) is 0 Å². The number of hydrazone groups is 1. The van der Waals surface area contributed by atoms with Crippen molar-refractivity contribution in [3.05, 3.63) is 0 Å². The lowest BCUT2D eigenvalue weighted by atomic mass is 11.2. The number of rotatable bonds is 4. The van der Waals surface area contributed by atoms with Gasteiger partial charge >= 0.3 is 0 Å². The van der Waals surface area contributed by atoms with Gasteiger partial charge in [-0.3, -0.25) is 0 Å². The van der Waals surface area contributed by atoms with E-state index in [0.29, 0.717) is 0 Å². The molecule has 0 rings (SSSR count). The highest BCUT2D eigenvalue weighted by Gasteiger charge is 2.13. The molecule has 3 N–H and O–H groups in total. The standard InChI is InChI=1S/C4H14N5/c1-5-8-9(4,6-2)7-3/h6-8H,1H2,2-4H3/q+1. The van der Waals surface area contributed by atoms with Gasteiger partial charge in [0, 0.05) is 20.8 Å². The van der Waals surface area contributed by atoms with Gasteiger partial charge in [0.2, 0.25) is 0 Å². The highest BCUT2D eigenvalue weighted by molar-refractivity contribution is 5.21. The van der Waals surface area contributed by atoms with Crippen LogP contribution in [0.5, 0.6) is 0 Å². The molecule has 0 aromatic carbocycles. The van der Waals surface area contributed by atoms with Crippen molar-refractivity contribution in [1.29, 1.82) is 0 Å². The Bertz CT molecular complexity index is 87.0. The molecular formula is C4H14N5+. The molecule has 0 fully saturated rings. The summed E-state index contributed by atoms with van der Waals surface area (Å²) in [5.74, 6) is 0. The van der Waals surface area contributed by atoms with E-state index in [1.165, 1.54) is 0 Å². The van der Waals surface area contributed by atoms with Gasteiger partial charge in [0.25, 0.3) is 0 Å². The van der Waals surface area contributed by atoms with E-state index < -0.39 is 0 Å². The zero-order valence-corrected chi connectivity index (χ0v) is 6.10. The van der Waals surface area contributed by atoms with E-state index in [1.807, 2.05) is 7.05 Å². The van der Waals surface area contributed by atoms with Gasteiger partial charge < -0.3 is 0 Å². The van der Waals surface area contributed by atoms with Crippen LogP contribution in [-0.2, 0) is 0 Å². The third-order valence-electron chi connectivity index (χ3n) is 1.17. The molecule has 54 valence electrons. The van der Waals surface area contributed by atoms with Crippen molar-refractivity contribution in [3.8, 4) is 0 Å². The van der Waals surface area contributed by atoms with Crippen LogP contribution in [0, 0.1) is 0 Å². The summed E-state index contributed by atoms with van der Waals surface area (Å²) in [4.78, 5) is 0.253. The van der Waals surface area contributed by atoms with Crippen molar-refractivity contribution in [2.45, 2.75) is 0 Å². The van der Waals surface area contributed by atoms with E-state index in [0.717, 1.165) is 0 Å². The van der Waals surface area contributed by atoms with E-state index in [2.05, 4.69) is 28.2 Å². The summed E-state index contributed by atoms with van der Waals surface area (Å²) >= 11 is 0. The Morgan fingerprint density at radius 1 is 1.33 bits per heavy atom. The smallest absolute Gasteiger partial charge is 0.131 e. The molecule has 0 spiro atoms. The topological polar surface area (TPSA) is 48.5 Å². The molecule has 9 heavy (non-hydrogen) atoms. The molecule has 5 heteroatoms. The average molecular weight is 132 g/mol. The molecule has 0 saturated carbocycles. The minimum Gasteiger partial charge on any atom is -0.145 e. The second-order valence-corrected chi connectivity index (χ2v) is 1.71. The lowest BCUT2D eigenvalue weighted by Crippen LogP contribution is -2.67. The molecule has 0 heterocycles. The fourth-order valence-corrected chi connectivity index (χ4v) is 0.353. The first-order valence-corrected chi connectivity index (χ1v) is 2.66. The second kappa shape index (κ2) is 3.39. The molecule has 0 aliphatic carbocycles. The quantitative estimate of drug-likeness (QED) is 0.256. The molecular weight excluding hydrogens is 118 g/mol. The SMILES string of the molecule is C=NN[N+](C)(NC)NC. The summed E-state index contributed by atoms with van der Waals surface area (Å²) in [7, 11) is 5.46. The molecule has 0 saturated heterocycles. The lowest BCUT2D eigenvalue weighted by molar-refractivity contribution is -1.03. The molecule has 0 aromatic rings. The Hall–Kier alpha value is -0.650. The number of quaternary nitrogens is 1. The predicted molar refractivity (Wildman–Crippen MR) is 37.0 cm³/mol. The Labute approximate surface area is 55.2 Å². The van der Waals surface area contributed by atoms with Crippen LogP contribution in [0.2, 0.25) is 0 Å². The molecule has 0 amide bonds. The monoisotopic (exact) mass is 132 g/mol. The highest BCUT2D eigenvalue weighted by atomic mass is 16.0. The van der Waals surface area contributed by atoms with Crippen molar-refractivity contribution in [1.82, 2.24) is 16.4 Å². The summed E-state index contributed by atoms with van der Waals surface area (Å²) in [5, 5.41) is 3.50. The maximum atomic E-state index is 3.50. The van der Waals surface area contributed by atoms with E-state index in [4.69, 9.17) is 0 Å². The molecule has 0 aromatic heterocycles. The van der Waals surface area contributed by atoms with Gasteiger partial charge in [-0.05, 0) is 0 Å². The van der Waals surface area contributed by atoms with Gasteiger partial charge in [0.15, 0.2) is 0 Å². The molecule has 0 aliphatic rings. The fraction of sp³-hybridized carbons (Fsp3) is 0.750. The van der Waals surface area contributed by atoms with Gasteiger partial charge in [0.1, 0.15) is 7.05 Å². The van der Waals surface area contributed by atoms with Crippen molar-refractivity contribution >= 4 is 6.72 Å². The van der Waals surface area contributed by atoms with Crippen LogP contribution >= 0.6 is 0 Å². The fourth-order valence-electron chi connectivity index (χ4n) is 0.353. The first-order chi connectivity index (χ1) is 4.18. The summed E-state index contributed by atoms with van der Waals surface area (Å²) in [6, 6.07) is 0. The zero-order chi connectivity index (χ0) is 7.33. The molecule has 0 radical (unpaired) electrons. The molecule has 5 nitrogen and oxygen atoms in total. The number of hydrogen-bond acceptors (Lipinski definition) is 4. The summed E-state index contributed by atoms with van der Waals surface area (Å²) in [6.45, 7) is 3.28. The minimum atomic E-state index is 0.253. The zero-order valence-electron chi connectivity index (χ0n) is 6.10. The van der Waals surface area contributed by atoms with Gasteiger partial charge in [-0.25, -0.2) is 0 Å². The Morgan fingerprint density at radius 2 is 1.78 bits per heavy atom. The third-order valence-corrected chi connectivity index (χ3v) is 1.17. The van der Waals surface area contributed by atoms with Crippen molar-refractivity contribution in [2.24, 2.45) is 5.10 Å². The molecule has 0 atom stereocenters. The van der Waals surface area contributed by atoms with Crippen LogP contribution in [-0.4, -0.2) is 32.7 Å². The van der Waals surface area contributed by atoms with Gasteiger partial charge in [-0.1, -0.05) is 4.81 Å². The summed E-state index contributed by atoms with van der Waals surface area (Å²) in [5.41, 5.74) is 8.51. The third kappa shape index (κ3) is 2.41. The van der Waals surface area contributed by atoms with Crippen LogP contribution in [0.1, 0.15) is 0 Å². The lowest BCUT2D eigenvalue weighted by Gasteiger charge is -2.27. The first-order valence-electron chi connectivity index (χ1n) is 2.66. The normalized spacial score (nSPS) is 11.0. The van der Waals surface area contributed by atoms with Crippen LogP contribution < -0.4 is 16.4 Å². The number of hydrogen-bond donors (Lipinski definition) is 3. The number of nitrogens with zero attached hydrogens (tertiary/aromatic N) is 2. The van der Waals surface area contributed by atoms with E-state index in [1.54, 1.807) is 14.1 Å². The Morgan fingerprint density at radius 3 is 1.89 bits per heavy atom. The van der Waals surface area contributed by atoms with E-state index in [-0.39, 0.29) is 4.81 Å². The Kier molecular flexibility index (Phi) is 3.15. The maximum absolute atomic E-state index is 3.50. The second-order valence-electron chi connectivity index (χ2n) is 1.71.